The van der Waals surface area contributed by atoms with E-state index in [9.17, 15) is 4.39 Å². The molecule has 2 nitrogen and oxygen atoms in total. The second-order valence-corrected chi connectivity index (χ2v) is 3.78. The summed E-state index contributed by atoms with van der Waals surface area (Å²) < 4.78 is 12.9. The molecule has 0 spiro atoms. The quantitative estimate of drug-likeness (QED) is 0.883. The lowest BCUT2D eigenvalue weighted by atomic mass is 10.2. The molecular weight excluding hydrogens is 227 g/mol. The van der Waals surface area contributed by atoms with Gasteiger partial charge in [-0.3, -0.25) is 0 Å². The van der Waals surface area contributed by atoms with Crippen molar-refractivity contribution in [3.8, 4) is 0 Å². The van der Waals surface area contributed by atoms with Crippen molar-refractivity contribution in [3.63, 3.8) is 0 Å². The van der Waals surface area contributed by atoms with Crippen molar-refractivity contribution in [2.45, 2.75) is 6.54 Å². The molecule has 2 aromatic rings. The van der Waals surface area contributed by atoms with Crippen LogP contribution in [0.15, 0.2) is 42.6 Å². The van der Waals surface area contributed by atoms with Gasteiger partial charge in [-0.25, -0.2) is 9.37 Å². The number of hydrogen-bond acceptors (Lipinski definition) is 2. The van der Waals surface area contributed by atoms with Crippen molar-refractivity contribution in [3.05, 3.63) is 59.0 Å². The summed E-state index contributed by atoms with van der Waals surface area (Å²) in [6.45, 7) is 0.534. The number of hydrogen-bond donors (Lipinski definition) is 1. The molecule has 16 heavy (non-hydrogen) atoms. The van der Waals surface area contributed by atoms with Crippen LogP contribution in [0.3, 0.4) is 0 Å². The van der Waals surface area contributed by atoms with E-state index in [0.717, 1.165) is 5.56 Å². The molecule has 0 aliphatic heterocycles. The molecule has 0 saturated carbocycles. The summed E-state index contributed by atoms with van der Waals surface area (Å²) in [5.41, 5.74) is 0.872. The van der Waals surface area contributed by atoms with Crippen LogP contribution in [0, 0.1) is 5.82 Å². The van der Waals surface area contributed by atoms with E-state index in [1.807, 2.05) is 6.07 Å². The van der Waals surface area contributed by atoms with Crippen molar-refractivity contribution >= 4 is 17.4 Å². The highest BCUT2D eigenvalue weighted by Crippen LogP contribution is 2.11. The van der Waals surface area contributed by atoms with Gasteiger partial charge in [0.05, 0.1) is 5.02 Å². The van der Waals surface area contributed by atoms with E-state index >= 15 is 0 Å². The average molecular weight is 237 g/mol. The first-order valence-corrected chi connectivity index (χ1v) is 5.22. The summed E-state index contributed by atoms with van der Waals surface area (Å²) in [4.78, 5) is 4.08. The number of benzene rings is 1. The van der Waals surface area contributed by atoms with Crippen LogP contribution in [0.25, 0.3) is 0 Å². The lowest BCUT2D eigenvalue weighted by Gasteiger charge is -2.05. The SMILES string of the molecule is Fc1cccc(CNc2ccc(Cl)cn2)c1. The average Bonchev–Trinajstić information content (AvgIpc) is 2.28. The molecule has 0 atom stereocenters. The van der Waals surface area contributed by atoms with Crippen LogP contribution in [0.1, 0.15) is 5.56 Å². The summed E-state index contributed by atoms with van der Waals surface area (Å²) in [7, 11) is 0. The molecule has 0 unspecified atom stereocenters. The molecule has 1 N–H and O–H groups in total. The second-order valence-electron chi connectivity index (χ2n) is 3.35. The fourth-order valence-electron chi connectivity index (χ4n) is 1.32. The zero-order chi connectivity index (χ0) is 11.4. The molecule has 0 radical (unpaired) electrons. The Morgan fingerprint density at radius 3 is 2.81 bits per heavy atom. The molecule has 0 aliphatic rings. The molecule has 82 valence electrons. The Labute approximate surface area is 98.1 Å². The largest absolute Gasteiger partial charge is 0.366 e. The molecule has 2 rings (SSSR count). The van der Waals surface area contributed by atoms with Crippen molar-refractivity contribution in [2.24, 2.45) is 0 Å². The van der Waals surface area contributed by atoms with Crippen LogP contribution in [-0.2, 0) is 6.54 Å². The summed E-state index contributed by atoms with van der Waals surface area (Å²) in [6.07, 6.45) is 1.56. The van der Waals surface area contributed by atoms with Gasteiger partial charge in [0.25, 0.3) is 0 Å². The van der Waals surface area contributed by atoms with Crippen LogP contribution >= 0.6 is 11.6 Å². The van der Waals surface area contributed by atoms with Gasteiger partial charge in [0.15, 0.2) is 0 Å². The van der Waals surface area contributed by atoms with Crippen LogP contribution < -0.4 is 5.32 Å². The van der Waals surface area contributed by atoms with Crippen LogP contribution in [-0.4, -0.2) is 4.98 Å². The van der Waals surface area contributed by atoms with Gasteiger partial charge in [-0.2, -0.15) is 0 Å². The first-order chi connectivity index (χ1) is 7.74. The van der Waals surface area contributed by atoms with Crippen LogP contribution in [0.2, 0.25) is 5.02 Å². The van der Waals surface area contributed by atoms with Crippen molar-refractivity contribution in [1.29, 1.82) is 0 Å². The van der Waals surface area contributed by atoms with E-state index in [1.54, 1.807) is 24.4 Å². The molecule has 0 fully saturated rings. The molecule has 4 heteroatoms. The molecule has 0 saturated heterocycles. The van der Waals surface area contributed by atoms with Crippen molar-refractivity contribution < 1.29 is 4.39 Å². The number of nitrogens with zero attached hydrogens (tertiary/aromatic N) is 1. The number of rotatable bonds is 3. The van der Waals surface area contributed by atoms with Crippen LogP contribution in [0.4, 0.5) is 10.2 Å². The topological polar surface area (TPSA) is 24.9 Å². The van der Waals surface area contributed by atoms with Gasteiger partial charge >= 0.3 is 0 Å². The van der Waals surface area contributed by atoms with E-state index in [1.165, 1.54) is 12.1 Å². The van der Waals surface area contributed by atoms with Gasteiger partial charge in [-0.15, -0.1) is 0 Å². The lowest BCUT2D eigenvalue weighted by Crippen LogP contribution is -2.01. The predicted molar refractivity (Wildman–Crippen MR) is 63.0 cm³/mol. The Kier molecular flexibility index (Phi) is 3.37. The number of pyridine rings is 1. The first kappa shape index (κ1) is 10.9. The number of aromatic nitrogens is 1. The van der Waals surface area contributed by atoms with Crippen molar-refractivity contribution in [2.75, 3.05) is 5.32 Å². The van der Waals surface area contributed by atoms with E-state index in [4.69, 9.17) is 11.6 Å². The first-order valence-electron chi connectivity index (χ1n) is 4.84. The van der Waals surface area contributed by atoms with Gasteiger partial charge in [-0.05, 0) is 29.8 Å². The molecule has 1 heterocycles. The molecule has 1 aromatic heterocycles. The third-order valence-corrected chi connectivity index (χ3v) is 2.31. The number of nitrogens with one attached hydrogen (secondary N) is 1. The van der Waals surface area contributed by atoms with E-state index in [-0.39, 0.29) is 5.82 Å². The maximum atomic E-state index is 12.9. The lowest BCUT2D eigenvalue weighted by molar-refractivity contribution is 0.626. The minimum Gasteiger partial charge on any atom is -0.366 e. The third kappa shape index (κ3) is 2.94. The number of halogens is 2. The Hall–Kier alpha value is -1.61. The summed E-state index contributed by atoms with van der Waals surface area (Å²) in [5.74, 6) is 0.483. The highest BCUT2D eigenvalue weighted by Gasteiger charge is 1.96. The fourth-order valence-corrected chi connectivity index (χ4v) is 1.43. The zero-order valence-corrected chi connectivity index (χ0v) is 9.21. The Morgan fingerprint density at radius 1 is 1.25 bits per heavy atom. The molecule has 0 amide bonds. The molecule has 0 aliphatic carbocycles. The minimum atomic E-state index is -0.233. The van der Waals surface area contributed by atoms with Crippen molar-refractivity contribution in [1.82, 2.24) is 4.98 Å². The van der Waals surface area contributed by atoms with Gasteiger partial charge in [0.1, 0.15) is 11.6 Å². The standard InChI is InChI=1S/C12H10ClFN2/c13-10-4-5-12(16-8-10)15-7-9-2-1-3-11(14)6-9/h1-6,8H,7H2,(H,15,16). The number of anilines is 1. The van der Waals surface area contributed by atoms with Gasteiger partial charge in [0.2, 0.25) is 0 Å². The van der Waals surface area contributed by atoms with E-state index < -0.39 is 0 Å². The van der Waals surface area contributed by atoms with Gasteiger partial charge < -0.3 is 5.32 Å². The summed E-state index contributed by atoms with van der Waals surface area (Å²) in [5, 5.41) is 3.67. The maximum Gasteiger partial charge on any atom is 0.126 e. The summed E-state index contributed by atoms with van der Waals surface area (Å²) in [6, 6.07) is 9.98. The Balaban J connectivity index is 1.99. The summed E-state index contributed by atoms with van der Waals surface area (Å²) >= 11 is 5.71. The fraction of sp³-hybridized carbons (Fsp3) is 0.0833. The zero-order valence-electron chi connectivity index (χ0n) is 8.45. The highest BCUT2D eigenvalue weighted by molar-refractivity contribution is 6.30. The third-order valence-electron chi connectivity index (χ3n) is 2.09. The minimum absolute atomic E-state index is 0.233. The molecule has 0 bridgehead atoms. The smallest absolute Gasteiger partial charge is 0.126 e. The van der Waals surface area contributed by atoms with Gasteiger partial charge in [-0.1, -0.05) is 23.7 Å². The van der Waals surface area contributed by atoms with E-state index in [0.29, 0.717) is 17.4 Å². The highest BCUT2D eigenvalue weighted by atomic mass is 35.5. The van der Waals surface area contributed by atoms with E-state index in [2.05, 4.69) is 10.3 Å². The monoisotopic (exact) mass is 236 g/mol. The predicted octanol–water partition coefficient (Wildman–Crippen LogP) is 3.49. The normalized spacial score (nSPS) is 10.1. The molecule has 1 aromatic carbocycles. The Morgan fingerprint density at radius 2 is 2.12 bits per heavy atom. The maximum absolute atomic E-state index is 12.9. The molecular formula is C12H10ClFN2. The second kappa shape index (κ2) is 4.94. The Bertz CT molecular complexity index is 471. The van der Waals surface area contributed by atoms with Crippen LogP contribution in [0.5, 0.6) is 0 Å². The van der Waals surface area contributed by atoms with Gasteiger partial charge in [0, 0.05) is 12.7 Å².